The van der Waals surface area contributed by atoms with Crippen LogP contribution in [-0.4, -0.2) is 65.5 Å². The largest absolute Gasteiger partial charge is 0.369 e. The fourth-order valence-corrected chi connectivity index (χ4v) is 4.29. The minimum atomic E-state index is -0.369. The van der Waals surface area contributed by atoms with Crippen molar-refractivity contribution in [3.63, 3.8) is 0 Å². The zero-order chi connectivity index (χ0) is 19.3. The molecule has 2 aliphatic rings. The predicted octanol–water partition coefficient (Wildman–Crippen LogP) is 2.28. The third kappa shape index (κ3) is 4.86. The summed E-state index contributed by atoms with van der Waals surface area (Å²) in [6, 6.07) is 5.90. The monoisotopic (exact) mass is 373 g/mol. The number of amides is 2. The van der Waals surface area contributed by atoms with Crippen LogP contribution in [0, 0.1) is 5.41 Å². The van der Waals surface area contributed by atoms with Gasteiger partial charge in [-0.3, -0.25) is 14.6 Å². The summed E-state index contributed by atoms with van der Waals surface area (Å²) in [5, 5.41) is 0. The van der Waals surface area contributed by atoms with Gasteiger partial charge in [0, 0.05) is 57.5 Å². The van der Waals surface area contributed by atoms with Crippen molar-refractivity contribution in [2.45, 2.75) is 52.1 Å². The number of ether oxygens (including phenoxy) is 1. The van der Waals surface area contributed by atoms with Gasteiger partial charge in [-0.05, 0) is 50.7 Å². The predicted molar refractivity (Wildman–Crippen MR) is 103 cm³/mol. The van der Waals surface area contributed by atoms with Gasteiger partial charge in [-0.2, -0.15) is 0 Å². The molecule has 1 aromatic rings. The SMILES string of the molecule is CCOC(C)C(=O)N1CCC2(CCC(=O)N(CCc3ccccn3)C2)CC1. The second kappa shape index (κ2) is 8.83. The summed E-state index contributed by atoms with van der Waals surface area (Å²) in [5.41, 5.74) is 1.18. The van der Waals surface area contributed by atoms with E-state index in [0.29, 0.717) is 13.0 Å². The van der Waals surface area contributed by atoms with Crippen LogP contribution in [0.4, 0.5) is 0 Å². The molecule has 2 fully saturated rings. The van der Waals surface area contributed by atoms with Gasteiger partial charge in [-0.25, -0.2) is 0 Å². The fraction of sp³-hybridized carbons (Fsp3) is 0.667. The summed E-state index contributed by atoms with van der Waals surface area (Å²) < 4.78 is 5.45. The molecule has 148 valence electrons. The maximum Gasteiger partial charge on any atom is 0.251 e. The van der Waals surface area contributed by atoms with E-state index in [2.05, 4.69) is 4.98 Å². The molecule has 1 aromatic heterocycles. The standard InChI is InChI=1S/C21H31N3O3/c1-3-27-17(2)20(26)23-14-10-21(11-15-23)9-7-19(25)24(16-21)13-8-18-6-4-5-12-22-18/h4-6,12,17H,3,7-11,13-16H2,1-2H3. The van der Waals surface area contributed by atoms with Crippen LogP contribution < -0.4 is 0 Å². The van der Waals surface area contributed by atoms with Crippen LogP contribution in [0.3, 0.4) is 0 Å². The number of aromatic nitrogens is 1. The van der Waals surface area contributed by atoms with Crippen molar-refractivity contribution in [3.05, 3.63) is 30.1 Å². The fourth-order valence-electron chi connectivity index (χ4n) is 4.29. The van der Waals surface area contributed by atoms with Gasteiger partial charge in [0.2, 0.25) is 5.91 Å². The maximum atomic E-state index is 12.5. The number of carbonyl (C=O) groups excluding carboxylic acids is 2. The smallest absolute Gasteiger partial charge is 0.251 e. The van der Waals surface area contributed by atoms with Crippen LogP contribution in [0.2, 0.25) is 0 Å². The summed E-state index contributed by atoms with van der Waals surface area (Å²) in [7, 11) is 0. The first-order valence-corrected chi connectivity index (χ1v) is 10.1. The molecule has 6 heteroatoms. The van der Waals surface area contributed by atoms with Crippen LogP contribution in [0.1, 0.15) is 45.2 Å². The molecule has 2 aliphatic heterocycles. The summed E-state index contributed by atoms with van der Waals surface area (Å²) in [4.78, 5) is 33.2. The Kier molecular flexibility index (Phi) is 6.47. The summed E-state index contributed by atoms with van der Waals surface area (Å²) in [6.45, 7) is 7.35. The van der Waals surface area contributed by atoms with E-state index in [1.165, 1.54) is 0 Å². The Morgan fingerprint density at radius 3 is 2.74 bits per heavy atom. The lowest BCUT2D eigenvalue weighted by molar-refractivity contribution is -0.148. The first kappa shape index (κ1) is 19.8. The van der Waals surface area contributed by atoms with E-state index in [-0.39, 0.29) is 23.3 Å². The van der Waals surface area contributed by atoms with Gasteiger partial charge >= 0.3 is 0 Å². The van der Waals surface area contributed by atoms with E-state index in [0.717, 1.165) is 57.6 Å². The zero-order valence-corrected chi connectivity index (χ0v) is 16.5. The molecule has 27 heavy (non-hydrogen) atoms. The van der Waals surface area contributed by atoms with Crippen molar-refractivity contribution in [2.24, 2.45) is 5.41 Å². The minimum Gasteiger partial charge on any atom is -0.369 e. The lowest BCUT2D eigenvalue weighted by Crippen LogP contribution is -2.53. The zero-order valence-electron chi connectivity index (χ0n) is 16.5. The number of hydrogen-bond donors (Lipinski definition) is 0. The van der Waals surface area contributed by atoms with E-state index >= 15 is 0 Å². The Morgan fingerprint density at radius 1 is 1.30 bits per heavy atom. The minimum absolute atomic E-state index is 0.0885. The Labute approximate surface area is 161 Å². The number of rotatable bonds is 6. The van der Waals surface area contributed by atoms with Crippen molar-refractivity contribution < 1.29 is 14.3 Å². The number of nitrogens with zero attached hydrogens (tertiary/aromatic N) is 3. The number of carbonyl (C=O) groups is 2. The molecular formula is C21H31N3O3. The Morgan fingerprint density at radius 2 is 2.07 bits per heavy atom. The van der Waals surface area contributed by atoms with Crippen molar-refractivity contribution in [1.82, 2.24) is 14.8 Å². The molecule has 0 aromatic carbocycles. The Bertz CT molecular complexity index is 641. The highest BCUT2D eigenvalue weighted by molar-refractivity contribution is 5.80. The van der Waals surface area contributed by atoms with E-state index in [9.17, 15) is 9.59 Å². The lowest BCUT2D eigenvalue weighted by Gasteiger charge is -2.47. The molecule has 2 saturated heterocycles. The molecule has 1 spiro atoms. The molecule has 6 nitrogen and oxygen atoms in total. The second-order valence-corrected chi connectivity index (χ2v) is 7.81. The summed E-state index contributed by atoms with van der Waals surface area (Å²) in [6.07, 6.45) is 5.70. The van der Waals surface area contributed by atoms with Crippen molar-refractivity contribution in [2.75, 3.05) is 32.8 Å². The quantitative estimate of drug-likeness (QED) is 0.767. The Balaban J connectivity index is 1.54. The molecule has 0 N–H and O–H groups in total. The first-order valence-electron chi connectivity index (χ1n) is 10.1. The molecule has 0 saturated carbocycles. The average molecular weight is 373 g/mol. The molecule has 1 atom stereocenters. The van der Waals surface area contributed by atoms with Crippen molar-refractivity contribution in [3.8, 4) is 0 Å². The van der Waals surface area contributed by atoms with Crippen LogP contribution in [-0.2, 0) is 20.7 Å². The van der Waals surface area contributed by atoms with E-state index in [4.69, 9.17) is 4.74 Å². The molecular weight excluding hydrogens is 342 g/mol. The molecule has 0 bridgehead atoms. The number of piperidine rings is 2. The molecule has 2 amide bonds. The maximum absolute atomic E-state index is 12.5. The Hall–Kier alpha value is -1.95. The van der Waals surface area contributed by atoms with E-state index < -0.39 is 0 Å². The number of pyridine rings is 1. The molecule has 3 rings (SSSR count). The first-order chi connectivity index (χ1) is 13.0. The molecule has 1 unspecified atom stereocenters. The van der Waals surface area contributed by atoms with E-state index in [1.54, 1.807) is 6.20 Å². The van der Waals surface area contributed by atoms with Crippen LogP contribution in [0.5, 0.6) is 0 Å². The average Bonchev–Trinajstić information content (AvgIpc) is 2.70. The summed E-state index contributed by atoms with van der Waals surface area (Å²) >= 11 is 0. The van der Waals surface area contributed by atoms with Gasteiger partial charge in [-0.15, -0.1) is 0 Å². The highest BCUT2D eigenvalue weighted by Gasteiger charge is 2.42. The number of hydrogen-bond acceptors (Lipinski definition) is 4. The van der Waals surface area contributed by atoms with Crippen LogP contribution >= 0.6 is 0 Å². The van der Waals surface area contributed by atoms with Crippen LogP contribution in [0.15, 0.2) is 24.4 Å². The van der Waals surface area contributed by atoms with Crippen LogP contribution in [0.25, 0.3) is 0 Å². The summed E-state index contributed by atoms with van der Waals surface area (Å²) in [5.74, 6) is 0.339. The highest BCUT2D eigenvalue weighted by atomic mass is 16.5. The molecule has 0 radical (unpaired) electrons. The molecule has 3 heterocycles. The van der Waals surface area contributed by atoms with Crippen molar-refractivity contribution in [1.29, 1.82) is 0 Å². The van der Waals surface area contributed by atoms with E-state index in [1.807, 2.05) is 41.8 Å². The molecule has 0 aliphatic carbocycles. The second-order valence-electron chi connectivity index (χ2n) is 7.81. The van der Waals surface area contributed by atoms with Gasteiger partial charge in [-0.1, -0.05) is 6.07 Å². The van der Waals surface area contributed by atoms with Gasteiger partial charge in [0.1, 0.15) is 6.10 Å². The third-order valence-corrected chi connectivity index (χ3v) is 6.01. The van der Waals surface area contributed by atoms with Gasteiger partial charge in [0.25, 0.3) is 5.91 Å². The number of likely N-dealkylation sites (tertiary alicyclic amines) is 2. The third-order valence-electron chi connectivity index (χ3n) is 6.01. The van der Waals surface area contributed by atoms with Gasteiger partial charge < -0.3 is 14.5 Å². The topological polar surface area (TPSA) is 62.7 Å². The normalized spacial score (nSPS) is 20.7. The van der Waals surface area contributed by atoms with Gasteiger partial charge in [0.15, 0.2) is 0 Å². The van der Waals surface area contributed by atoms with Gasteiger partial charge in [0.05, 0.1) is 0 Å². The van der Waals surface area contributed by atoms with Crippen molar-refractivity contribution >= 4 is 11.8 Å². The highest BCUT2D eigenvalue weighted by Crippen LogP contribution is 2.40. The lowest BCUT2D eigenvalue weighted by atomic mass is 9.72.